The smallest absolute Gasteiger partial charge is 0.141 e. The molecular weight excluding hydrogens is 355 g/mol. The quantitative estimate of drug-likeness (QED) is 0.646. The normalized spacial score (nSPS) is 12.7. The summed E-state index contributed by atoms with van der Waals surface area (Å²) in [4.78, 5) is 1.27. The molecular formula is C12H9Br2FS. The first-order valence-electron chi connectivity index (χ1n) is 4.79. The molecule has 1 aromatic carbocycles. The van der Waals surface area contributed by atoms with Gasteiger partial charge >= 0.3 is 0 Å². The lowest BCUT2D eigenvalue weighted by Crippen LogP contribution is -1.97. The SMILES string of the molecule is Fc1c(Br)cccc1C(Br)Cc1cccs1. The highest BCUT2D eigenvalue weighted by molar-refractivity contribution is 9.10. The minimum atomic E-state index is -0.180. The standard InChI is InChI=1S/C12H9Br2FS/c13-10-5-1-4-9(12(10)15)11(14)7-8-3-2-6-16-8/h1-6,11H,7H2. The second-order valence-electron chi connectivity index (χ2n) is 3.39. The molecule has 0 aliphatic rings. The average molecular weight is 364 g/mol. The Hall–Kier alpha value is -0.190. The largest absolute Gasteiger partial charge is 0.205 e. The fourth-order valence-corrected chi connectivity index (χ4v) is 3.53. The van der Waals surface area contributed by atoms with Gasteiger partial charge in [0.15, 0.2) is 0 Å². The predicted octanol–water partition coefficient (Wildman–Crippen LogP) is 5.33. The van der Waals surface area contributed by atoms with Gasteiger partial charge in [0.1, 0.15) is 5.82 Å². The van der Waals surface area contributed by atoms with Gasteiger partial charge < -0.3 is 0 Å². The molecule has 1 unspecified atom stereocenters. The molecule has 0 N–H and O–H groups in total. The summed E-state index contributed by atoms with van der Waals surface area (Å²) in [6, 6.07) is 9.45. The van der Waals surface area contributed by atoms with E-state index in [1.54, 1.807) is 17.4 Å². The van der Waals surface area contributed by atoms with Crippen molar-refractivity contribution >= 4 is 43.2 Å². The maximum absolute atomic E-state index is 13.8. The van der Waals surface area contributed by atoms with Crippen molar-refractivity contribution in [3.8, 4) is 0 Å². The van der Waals surface area contributed by atoms with Crippen LogP contribution in [0, 0.1) is 5.82 Å². The predicted molar refractivity (Wildman–Crippen MR) is 73.8 cm³/mol. The zero-order chi connectivity index (χ0) is 11.5. The molecule has 16 heavy (non-hydrogen) atoms. The molecule has 1 heterocycles. The Morgan fingerprint density at radius 2 is 2.06 bits per heavy atom. The number of halogens is 3. The summed E-state index contributed by atoms with van der Waals surface area (Å²) in [6.07, 6.45) is 0.811. The Morgan fingerprint density at radius 3 is 2.75 bits per heavy atom. The van der Waals surface area contributed by atoms with Crippen LogP contribution in [0.4, 0.5) is 4.39 Å². The van der Waals surface area contributed by atoms with Crippen LogP contribution in [-0.4, -0.2) is 0 Å². The highest BCUT2D eigenvalue weighted by Gasteiger charge is 2.15. The van der Waals surface area contributed by atoms with Crippen molar-refractivity contribution in [2.24, 2.45) is 0 Å². The first kappa shape index (κ1) is 12.3. The van der Waals surface area contributed by atoms with E-state index in [4.69, 9.17) is 0 Å². The van der Waals surface area contributed by atoms with E-state index in [-0.39, 0.29) is 10.6 Å². The van der Waals surface area contributed by atoms with Crippen molar-refractivity contribution in [1.29, 1.82) is 0 Å². The molecule has 4 heteroatoms. The van der Waals surface area contributed by atoms with Gasteiger partial charge in [-0.1, -0.05) is 34.1 Å². The van der Waals surface area contributed by atoms with E-state index >= 15 is 0 Å². The third-order valence-corrected chi connectivity index (χ3v) is 4.61. The van der Waals surface area contributed by atoms with E-state index in [0.717, 1.165) is 6.42 Å². The third-order valence-electron chi connectivity index (χ3n) is 2.28. The van der Waals surface area contributed by atoms with Gasteiger partial charge in [0.05, 0.1) is 4.47 Å². The monoisotopic (exact) mass is 362 g/mol. The fraction of sp³-hybridized carbons (Fsp3) is 0.167. The second kappa shape index (κ2) is 5.43. The van der Waals surface area contributed by atoms with Crippen molar-refractivity contribution in [3.05, 3.63) is 56.4 Å². The molecule has 2 rings (SSSR count). The van der Waals surface area contributed by atoms with Crippen LogP contribution in [0.5, 0.6) is 0 Å². The van der Waals surface area contributed by atoms with E-state index in [1.807, 2.05) is 23.6 Å². The summed E-state index contributed by atoms with van der Waals surface area (Å²) in [5.74, 6) is -0.180. The van der Waals surface area contributed by atoms with Gasteiger partial charge in [-0.15, -0.1) is 11.3 Å². The van der Waals surface area contributed by atoms with Gasteiger partial charge in [0, 0.05) is 15.3 Å². The summed E-state index contributed by atoms with van der Waals surface area (Å²) in [6.45, 7) is 0. The molecule has 0 saturated carbocycles. The summed E-state index contributed by atoms with van der Waals surface area (Å²) in [5, 5.41) is 2.03. The molecule has 0 spiro atoms. The van der Waals surface area contributed by atoms with Crippen LogP contribution in [0.25, 0.3) is 0 Å². The average Bonchev–Trinajstić information content (AvgIpc) is 2.74. The number of benzene rings is 1. The van der Waals surface area contributed by atoms with E-state index in [1.165, 1.54) is 4.88 Å². The lowest BCUT2D eigenvalue weighted by molar-refractivity contribution is 0.602. The van der Waals surface area contributed by atoms with E-state index in [9.17, 15) is 4.39 Å². The molecule has 0 radical (unpaired) electrons. The highest BCUT2D eigenvalue weighted by Crippen LogP contribution is 2.32. The molecule has 84 valence electrons. The first-order valence-corrected chi connectivity index (χ1v) is 7.37. The molecule has 1 atom stereocenters. The van der Waals surface area contributed by atoms with Crippen LogP contribution in [0.15, 0.2) is 40.2 Å². The minimum Gasteiger partial charge on any atom is -0.205 e. The molecule has 0 fully saturated rings. The van der Waals surface area contributed by atoms with Crippen LogP contribution in [0.2, 0.25) is 0 Å². The third kappa shape index (κ3) is 2.73. The number of hydrogen-bond donors (Lipinski definition) is 0. The molecule has 0 nitrogen and oxygen atoms in total. The van der Waals surface area contributed by atoms with Crippen LogP contribution in [-0.2, 0) is 6.42 Å². The lowest BCUT2D eigenvalue weighted by atomic mass is 10.1. The molecule has 0 amide bonds. The second-order valence-corrected chi connectivity index (χ2v) is 6.39. The zero-order valence-electron chi connectivity index (χ0n) is 8.29. The van der Waals surface area contributed by atoms with Crippen molar-refractivity contribution in [1.82, 2.24) is 0 Å². The van der Waals surface area contributed by atoms with Gasteiger partial charge in [0.2, 0.25) is 0 Å². The molecule has 0 bridgehead atoms. The van der Waals surface area contributed by atoms with Gasteiger partial charge in [-0.25, -0.2) is 4.39 Å². The molecule has 2 aromatic rings. The van der Waals surface area contributed by atoms with Gasteiger partial charge in [-0.05, 0) is 39.9 Å². The van der Waals surface area contributed by atoms with Gasteiger partial charge in [0.25, 0.3) is 0 Å². The zero-order valence-corrected chi connectivity index (χ0v) is 12.3. The number of hydrogen-bond acceptors (Lipinski definition) is 1. The Kier molecular flexibility index (Phi) is 4.16. The maximum atomic E-state index is 13.8. The maximum Gasteiger partial charge on any atom is 0.141 e. The van der Waals surface area contributed by atoms with Crippen molar-refractivity contribution in [2.45, 2.75) is 11.2 Å². The summed E-state index contributed by atoms with van der Waals surface area (Å²) >= 11 is 8.43. The lowest BCUT2D eigenvalue weighted by Gasteiger charge is -2.10. The molecule has 0 saturated heterocycles. The summed E-state index contributed by atoms with van der Waals surface area (Å²) in [5.41, 5.74) is 0.697. The van der Waals surface area contributed by atoms with Crippen LogP contribution < -0.4 is 0 Å². The van der Waals surface area contributed by atoms with E-state index < -0.39 is 0 Å². The van der Waals surface area contributed by atoms with Gasteiger partial charge in [-0.2, -0.15) is 0 Å². The fourth-order valence-electron chi connectivity index (χ4n) is 1.48. The number of alkyl halides is 1. The number of rotatable bonds is 3. The van der Waals surface area contributed by atoms with Gasteiger partial charge in [-0.3, -0.25) is 0 Å². The van der Waals surface area contributed by atoms with Crippen LogP contribution >= 0.6 is 43.2 Å². The van der Waals surface area contributed by atoms with E-state index in [0.29, 0.717) is 10.0 Å². The topological polar surface area (TPSA) is 0 Å². The number of thiophene rings is 1. The van der Waals surface area contributed by atoms with Crippen LogP contribution in [0.3, 0.4) is 0 Å². The Bertz CT molecular complexity index is 468. The first-order chi connectivity index (χ1) is 7.68. The minimum absolute atomic E-state index is 0.0173. The Morgan fingerprint density at radius 1 is 1.25 bits per heavy atom. The Balaban J connectivity index is 2.21. The Labute approximate surface area is 115 Å². The summed E-state index contributed by atoms with van der Waals surface area (Å²) in [7, 11) is 0. The molecule has 0 aliphatic heterocycles. The van der Waals surface area contributed by atoms with Crippen LogP contribution in [0.1, 0.15) is 15.3 Å². The van der Waals surface area contributed by atoms with Crippen molar-refractivity contribution < 1.29 is 4.39 Å². The highest BCUT2D eigenvalue weighted by atomic mass is 79.9. The van der Waals surface area contributed by atoms with Crippen molar-refractivity contribution in [3.63, 3.8) is 0 Å². The molecule has 1 aromatic heterocycles. The van der Waals surface area contributed by atoms with Crippen molar-refractivity contribution in [2.75, 3.05) is 0 Å². The summed E-state index contributed by atoms with van der Waals surface area (Å²) < 4.78 is 14.3. The van der Waals surface area contributed by atoms with E-state index in [2.05, 4.69) is 37.9 Å². The molecule has 0 aliphatic carbocycles.